The van der Waals surface area contributed by atoms with Crippen molar-refractivity contribution in [2.24, 2.45) is 0 Å². The summed E-state index contributed by atoms with van der Waals surface area (Å²) in [5.41, 5.74) is -0.892. The molecular formula is C14H27F3N2O2. The van der Waals surface area contributed by atoms with E-state index in [4.69, 9.17) is 4.74 Å². The number of esters is 1. The average molecular weight is 312 g/mol. The quantitative estimate of drug-likeness (QED) is 0.665. The highest BCUT2D eigenvalue weighted by molar-refractivity contribution is 5.80. The van der Waals surface area contributed by atoms with E-state index in [0.717, 1.165) is 6.42 Å². The van der Waals surface area contributed by atoms with Gasteiger partial charge in [-0.05, 0) is 40.3 Å². The third kappa shape index (κ3) is 7.66. The molecule has 0 aromatic rings. The van der Waals surface area contributed by atoms with Gasteiger partial charge in [-0.2, -0.15) is 13.2 Å². The highest BCUT2D eigenvalue weighted by Gasteiger charge is 2.36. The number of ether oxygens (including phenoxy) is 1. The summed E-state index contributed by atoms with van der Waals surface area (Å²) < 4.78 is 41.6. The minimum Gasteiger partial charge on any atom is -0.468 e. The second-order valence-corrected chi connectivity index (χ2v) is 5.65. The van der Waals surface area contributed by atoms with Crippen LogP contribution in [0.2, 0.25) is 0 Å². The Morgan fingerprint density at radius 2 is 1.95 bits per heavy atom. The van der Waals surface area contributed by atoms with Gasteiger partial charge in [0.15, 0.2) is 0 Å². The van der Waals surface area contributed by atoms with Crippen LogP contribution in [0.3, 0.4) is 0 Å². The van der Waals surface area contributed by atoms with Crippen LogP contribution in [0.5, 0.6) is 0 Å². The molecule has 0 spiro atoms. The Morgan fingerprint density at radius 1 is 1.38 bits per heavy atom. The first-order chi connectivity index (χ1) is 9.55. The van der Waals surface area contributed by atoms with Crippen LogP contribution in [-0.4, -0.2) is 55.9 Å². The van der Waals surface area contributed by atoms with E-state index in [0.29, 0.717) is 13.0 Å². The van der Waals surface area contributed by atoms with Crippen molar-refractivity contribution >= 4 is 5.97 Å². The first-order valence-electron chi connectivity index (χ1n) is 7.16. The van der Waals surface area contributed by atoms with Gasteiger partial charge >= 0.3 is 12.1 Å². The zero-order valence-corrected chi connectivity index (χ0v) is 13.5. The maximum Gasteiger partial charge on any atom is 0.390 e. The van der Waals surface area contributed by atoms with Crippen molar-refractivity contribution in [3.8, 4) is 0 Å². The number of rotatable bonds is 9. The van der Waals surface area contributed by atoms with Crippen LogP contribution in [-0.2, 0) is 9.53 Å². The Bertz CT molecular complexity index is 324. The molecule has 7 heteroatoms. The van der Waals surface area contributed by atoms with Gasteiger partial charge in [-0.1, -0.05) is 6.92 Å². The summed E-state index contributed by atoms with van der Waals surface area (Å²) in [6.45, 7) is 6.07. The van der Waals surface area contributed by atoms with E-state index in [2.05, 4.69) is 5.32 Å². The van der Waals surface area contributed by atoms with Gasteiger partial charge in [-0.3, -0.25) is 4.79 Å². The zero-order chi connectivity index (χ0) is 16.7. The molecule has 2 atom stereocenters. The van der Waals surface area contributed by atoms with E-state index in [1.807, 2.05) is 13.8 Å². The lowest BCUT2D eigenvalue weighted by atomic mass is 9.92. The monoisotopic (exact) mass is 312 g/mol. The fourth-order valence-corrected chi connectivity index (χ4v) is 2.12. The maximum atomic E-state index is 12.3. The SMILES string of the molecule is CCCNC(C)(CC(C)N(C)CCC(F)(F)F)C(=O)OC. The number of carbonyl (C=O) groups excluding carboxylic acids is 1. The third-order valence-electron chi connectivity index (χ3n) is 3.61. The van der Waals surface area contributed by atoms with Gasteiger partial charge < -0.3 is 15.0 Å². The first kappa shape index (κ1) is 20.2. The average Bonchev–Trinajstić information content (AvgIpc) is 2.40. The van der Waals surface area contributed by atoms with Crippen molar-refractivity contribution in [3.05, 3.63) is 0 Å². The van der Waals surface area contributed by atoms with Crippen molar-refractivity contribution < 1.29 is 22.7 Å². The van der Waals surface area contributed by atoms with Gasteiger partial charge in [-0.15, -0.1) is 0 Å². The number of methoxy groups -OCH3 is 1. The first-order valence-corrected chi connectivity index (χ1v) is 7.16. The number of carbonyl (C=O) groups is 1. The van der Waals surface area contributed by atoms with Gasteiger partial charge in [0.2, 0.25) is 0 Å². The van der Waals surface area contributed by atoms with Crippen LogP contribution in [0.4, 0.5) is 13.2 Å². The Hall–Kier alpha value is -0.820. The number of nitrogens with zero attached hydrogens (tertiary/aromatic N) is 1. The van der Waals surface area contributed by atoms with Crippen molar-refractivity contribution in [2.45, 2.75) is 57.8 Å². The molecule has 21 heavy (non-hydrogen) atoms. The number of halogens is 3. The number of hydrogen-bond acceptors (Lipinski definition) is 4. The fraction of sp³-hybridized carbons (Fsp3) is 0.929. The lowest BCUT2D eigenvalue weighted by molar-refractivity contribution is -0.149. The Morgan fingerprint density at radius 3 is 2.38 bits per heavy atom. The van der Waals surface area contributed by atoms with Gasteiger partial charge in [-0.25, -0.2) is 0 Å². The second kappa shape index (κ2) is 8.58. The predicted octanol–water partition coefficient (Wildman–Crippen LogP) is 2.58. The molecule has 0 aliphatic heterocycles. The lowest BCUT2D eigenvalue weighted by Gasteiger charge is -2.34. The smallest absolute Gasteiger partial charge is 0.390 e. The van der Waals surface area contributed by atoms with Crippen LogP contribution in [0.15, 0.2) is 0 Å². The molecule has 0 aliphatic rings. The van der Waals surface area contributed by atoms with Crippen molar-refractivity contribution in [3.63, 3.8) is 0 Å². The molecule has 1 N–H and O–H groups in total. The van der Waals surface area contributed by atoms with Gasteiger partial charge in [0, 0.05) is 12.6 Å². The summed E-state index contributed by atoms with van der Waals surface area (Å²) in [5.74, 6) is -0.396. The van der Waals surface area contributed by atoms with Gasteiger partial charge in [0.25, 0.3) is 0 Å². The minimum atomic E-state index is -4.17. The Labute approximate surface area is 125 Å². The van der Waals surface area contributed by atoms with E-state index in [1.165, 1.54) is 7.11 Å². The van der Waals surface area contributed by atoms with Crippen LogP contribution in [0.1, 0.15) is 40.0 Å². The van der Waals surface area contributed by atoms with Crippen LogP contribution >= 0.6 is 0 Å². The molecule has 0 amide bonds. The third-order valence-corrected chi connectivity index (χ3v) is 3.61. The summed E-state index contributed by atoms with van der Waals surface area (Å²) in [5, 5.41) is 3.13. The zero-order valence-electron chi connectivity index (χ0n) is 13.5. The van der Waals surface area contributed by atoms with E-state index in [1.54, 1.807) is 18.9 Å². The van der Waals surface area contributed by atoms with Crippen molar-refractivity contribution in [1.82, 2.24) is 10.2 Å². The lowest BCUT2D eigenvalue weighted by Crippen LogP contribution is -2.54. The fourth-order valence-electron chi connectivity index (χ4n) is 2.12. The van der Waals surface area contributed by atoms with Crippen molar-refractivity contribution in [2.75, 3.05) is 27.2 Å². The molecule has 0 rings (SSSR count). The summed E-state index contributed by atoms with van der Waals surface area (Å²) >= 11 is 0. The van der Waals surface area contributed by atoms with Crippen LogP contribution < -0.4 is 5.32 Å². The molecule has 0 aromatic carbocycles. The standard InChI is InChI=1S/C14H27F3N2O2/c1-6-8-18-13(3,12(20)21-5)10-11(2)19(4)9-7-14(15,16)17/h11,18H,6-10H2,1-5H3. The summed E-state index contributed by atoms with van der Waals surface area (Å²) in [7, 11) is 2.94. The molecule has 0 saturated carbocycles. The maximum absolute atomic E-state index is 12.3. The van der Waals surface area contributed by atoms with Gasteiger partial charge in [0.05, 0.1) is 13.5 Å². The molecule has 126 valence electrons. The molecule has 0 aromatic heterocycles. The molecule has 0 aliphatic carbocycles. The molecule has 0 heterocycles. The summed E-state index contributed by atoms with van der Waals surface area (Å²) in [6, 6.07) is -0.180. The Kier molecular flexibility index (Phi) is 8.25. The number of hydrogen-bond donors (Lipinski definition) is 1. The van der Waals surface area contributed by atoms with Crippen LogP contribution in [0.25, 0.3) is 0 Å². The molecule has 2 unspecified atom stereocenters. The molecule has 0 bridgehead atoms. The number of nitrogens with one attached hydrogen (secondary N) is 1. The normalized spacial score (nSPS) is 16.6. The molecule has 0 fully saturated rings. The van der Waals surface area contributed by atoms with E-state index in [-0.39, 0.29) is 12.6 Å². The minimum absolute atomic E-state index is 0.0876. The second-order valence-electron chi connectivity index (χ2n) is 5.65. The predicted molar refractivity (Wildman–Crippen MR) is 76.1 cm³/mol. The van der Waals surface area contributed by atoms with Crippen molar-refractivity contribution in [1.29, 1.82) is 0 Å². The van der Waals surface area contributed by atoms with Crippen LogP contribution in [0, 0.1) is 0 Å². The highest BCUT2D eigenvalue weighted by Crippen LogP contribution is 2.22. The van der Waals surface area contributed by atoms with E-state index >= 15 is 0 Å². The highest BCUT2D eigenvalue weighted by atomic mass is 19.4. The van der Waals surface area contributed by atoms with Gasteiger partial charge in [0.1, 0.15) is 5.54 Å². The molecular weight excluding hydrogens is 285 g/mol. The molecule has 0 radical (unpaired) electrons. The Balaban J connectivity index is 4.64. The van der Waals surface area contributed by atoms with E-state index < -0.39 is 24.1 Å². The largest absolute Gasteiger partial charge is 0.468 e. The number of alkyl halides is 3. The summed E-state index contributed by atoms with van der Waals surface area (Å²) in [4.78, 5) is 13.5. The molecule has 0 saturated heterocycles. The summed E-state index contributed by atoms with van der Waals surface area (Å²) in [6.07, 6.45) is -3.79. The topological polar surface area (TPSA) is 41.6 Å². The van der Waals surface area contributed by atoms with E-state index in [9.17, 15) is 18.0 Å². The molecule has 4 nitrogen and oxygen atoms in total.